The fourth-order valence-electron chi connectivity index (χ4n) is 5.92. The van der Waals surface area contributed by atoms with Gasteiger partial charge in [0.1, 0.15) is 17.3 Å². The van der Waals surface area contributed by atoms with E-state index in [-0.39, 0.29) is 35.1 Å². The minimum Gasteiger partial charge on any atom is -0.507 e. The van der Waals surface area contributed by atoms with Crippen molar-refractivity contribution in [3.05, 3.63) is 98.2 Å². The summed E-state index contributed by atoms with van der Waals surface area (Å²) in [6, 6.07) is 14.5. The summed E-state index contributed by atoms with van der Waals surface area (Å²) in [6.45, 7) is 1.79. The molecule has 1 aliphatic carbocycles. The maximum Gasteiger partial charge on any atom is 0.271 e. The first-order valence-electron chi connectivity index (χ1n) is 13.9. The van der Waals surface area contributed by atoms with Crippen LogP contribution in [0.1, 0.15) is 41.9 Å². The fraction of sp³-hybridized carbons (Fsp3) is 0.273. The number of aryl methyl sites for hydroxylation is 1. The number of benzene rings is 3. The lowest BCUT2D eigenvalue weighted by Crippen LogP contribution is -2.42. The van der Waals surface area contributed by atoms with Crippen LogP contribution in [0.5, 0.6) is 23.0 Å². The molecule has 11 nitrogen and oxygen atoms in total. The van der Waals surface area contributed by atoms with Crippen LogP contribution in [-0.2, 0) is 4.79 Å². The molecule has 228 valence electrons. The van der Waals surface area contributed by atoms with E-state index >= 15 is 0 Å². The third kappa shape index (κ3) is 5.10. The molecule has 2 aliphatic rings. The zero-order chi connectivity index (χ0) is 31.7. The number of Topliss-reactive ketones (excluding diaryl/α,β-unsaturated/α-hetero) is 1. The van der Waals surface area contributed by atoms with Gasteiger partial charge in [-0.3, -0.25) is 25.2 Å². The number of amidine groups is 1. The van der Waals surface area contributed by atoms with Crippen molar-refractivity contribution in [2.75, 3.05) is 33.3 Å². The summed E-state index contributed by atoms with van der Waals surface area (Å²) in [5.41, 5.74) is 2.92. The lowest BCUT2D eigenvalue weighted by molar-refractivity contribution is -0.384. The number of nitrogens with one attached hydrogen (secondary N) is 1. The molecule has 44 heavy (non-hydrogen) atoms. The zero-order valence-corrected chi connectivity index (χ0v) is 25.1. The molecule has 2 N–H and O–H groups in total. The number of aliphatic hydroxyl groups excluding tert-OH is 1. The third-order valence-electron chi connectivity index (χ3n) is 8.04. The number of allylic oxidation sites excluding steroid dienone is 2. The summed E-state index contributed by atoms with van der Waals surface area (Å²) >= 11 is 0. The highest BCUT2D eigenvalue weighted by molar-refractivity contribution is 6.20. The maximum absolute atomic E-state index is 13.9. The van der Waals surface area contributed by atoms with E-state index in [1.807, 2.05) is 0 Å². The second-order valence-electron chi connectivity index (χ2n) is 10.4. The van der Waals surface area contributed by atoms with Crippen LogP contribution < -0.4 is 23.8 Å². The van der Waals surface area contributed by atoms with E-state index in [0.717, 1.165) is 0 Å². The Morgan fingerprint density at radius 1 is 0.955 bits per heavy atom. The van der Waals surface area contributed by atoms with Gasteiger partial charge in [0, 0.05) is 46.9 Å². The Hall–Kier alpha value is -5.32. The molecule has 0 bridgehead atoms. The van der Waals surface area contributed by atoms with E-state index < -0.39 is 10.8 Å². The molecule has 3 aromatic rings. The number of ether oxygens (including phenoxy) is 4. The van der Waals surface area contributed by atoms with Gasteiger partial charge in [0.15, 0.2) is 17.3 Å². The van der Waals surface area contributed by atoms with Crippen LogP contribution >= 0.6 is 0 Å². The van der Waals surface area contributed by atoms with Gasteiger partial charge < -0.3 is 24.1 Å². The van der Waals surface area contributed by atoms with E-state index in [1.54, 1.807) is 54.3 Å². The summed E-state index contributed by atoms with van der Waals surface area (Å²) in [4.78, 5) is 26.7. The van der Waals surface area contributed by atoms with Crippen molar-refractivity contribution in [1.29, 1.82) is 5.41 Å². The molecule has 0 amide bonds. The number of hydrogen-bond donors (Lipinski definition) is 2. The average molecular weight is 600 g/mol. The van der Waals surface area contributed by atoms with Gasteiger partial charge in [-0.25, -0.2) is 0 Å². The SMILES string of the molecule is COc1ccc(/C(O)=C2\C(=N)N(c3cc([N+](=O)[O-])ccc3C)C3=C(C(=O)CCC3)C2c2cc(OC)c(OC)c(OC)c2)cc1. The molecule has 0 saturated carbocycles. The number of methoxy groups -OCH3 is 4. The number of hydrogen-bond acceptors (Lipinski definition) is 9. The summed E-state index contributed by atoms with van der Waals surface area (Å²) in [5, 5.41) is 33.3. The quantitative estimate of drug-likeness (QED) is 0.168. The minimum absolute atomic E-state index is 0.117. The van der Waals surface area contributed by atoms with Gasteiger partial charge >= 0.3 is 0 Å². The molecule has 1 unspecified atom stereocenters. The van der Waals surface area contributed by atoms with Crippen molar-refractivity contribution in [2.45, 2.75) is 32.1 Å². The number of anilines is 1. The average Bonchev–Trinajstić information content (AvgIpc) is 3.03. The van der Waals surface area contributed by atoms with Crippen LogP contribution in [0.4, 0.5) is 11.4 Å². The van der Waals surface area contributed by atoms with E-state index in [9.17, 15) is 25.4 Å². The van der Waals surface area contributed by atoms with Crippen LogP contribution in [-0.4, -0.2) is 50.1 Å². The van der Waals surface area contributed by atoms with E-state index in [2.05, 4.69) is 0 Å². The molecule has 0 aromatic heterocycles. The van der Waals surface area contributed by atoms with Gasteiger partial charge in [-0.1, -0.05) is 6.07 Å². The number of aliphatic hydroxyl groups is 1. The normalized spacial score (nSPS) is 17.7. The Morgan fingerprint density at radius 2 is 1.61 bits per heavy atom. The summed E-state index contributed by atoms with van der Waals surface area (Å²) in [6.07, 6.45) is 1.26. The molecule has 3 aromatic carbocycles. The van der Waals surface area contributed by atoms with E-state index in [1.165, 1.54) is 40.6 Å². The highest BCUT2D eigenvalue weighted by atomic mass is 16.6. The zero-order valence-electron chi connectivity index (χ0n) is 25.1. The first kappa shape index (κ1) is 30.1. The lowest BCUT2D eigenvalue weighted by atomic mass is 9.73. The standard InChI is InChI=1S/C33H33N3O8/c1-18-9-12-21(36(39)40)17-24(18)35-23-7-6-8-25(37)29(23)28(20-15-26(42-3)32(44-5)27(16-20)43-4)30(33(35)34)31(38)19-10-13-22(41-2)14-11-19/h9-17,28,34,38H,6-8H2,1-5H3/b31-30+,34-33?. The van der Waals surface area contributed by atoms with Crippen molar-refractivity contribution in [2.24, 2.45) is 0 Å². The molecule has 0 fully saturated rings. The molecule has 0 radical (unpaired) electrons. The minimum atomic E-state index is -0.892. The van der Waals surface area contributed by atoms with Gasteiger partial charge in [0.25, 0.3) is 5.69 Å². The number of nitro benzene ring substituents is 1. The Bertz CT molecular complexity index is 1700. The first-order valence-corrected chi connectivity index (χ1v) is 13.9. The van der Waals surface area contributed by atoms with Crippen LogP contribution in [0.3, 0.4) is 0 Å². The molecule has 0 spiro atoms. The molecule has 1 aliphatic heterocycles. The van der Waals surface area contributed by atoms with Crippen molar-refractivity contribution >= 4 is 28.8 Å². The highest BCUT2D eigenvalue weighted by Crippen LogP contribution is 2.51. The molecule has 5 rings (SSSR count). The van der Waals surface area contributed by atoms with E-state index in [4.69, 9.17) is 18.9 Å². The molecule has 1 heterocycles. The summed E-state index contributed by atoms with van der Waals surface area (Å²) in [5.74, 6) is 0.240. The van der Waals surface area contributed by atoms with Crippen LogP contribution in [0, 0.1) is 22.4 Å². The smallest absolute Gasteiger partial charge is 0.271 e. The van der Waals surface area contributed by atoms with Gasteiger partial charge in [0.2, 0.25) is 5.75 Å². The Kier molecular flexibility index (Phi) is 8.30. The Morgan fingerprint density at radius 3 is 2.18 bits per heavy atom. The van der Waals surface area contributed by atoms with Gasteiger partial charge in [-0.05, 0) is 67.3 Å². The van der Waals surface area contributed by atoms with E-state index in [0.29, 0.717) is 69.5 Å². The molecule has 11 heteroatoms. The largest absolute Gasteiger partial charge is 0.507 e. The number of non-ortho nitro benzene ring substituents is 1. The van der Waals surface area contributed by atoms with Crippen LogP contribution in [0.2, 0.25) is 0 Å². The Labute approximate surface area is 254 Å². The van der Waals surface area contributed by atoms with Gasteiger partial charge in [-0.2, -0.15) is 0 Å². The number of ketones is 1. The number of carbonyl (C=O) groups is 1. The summed E-state index contributed by atoms with van der Waals surface area (Å²) < 4.78 is 22.1. The highest BCUT2D eigenvalue weighted by Gasteiger charge is 2.44. The van der Waals surface area contributed by atoms with Crippen molar-refractivity contribution < 1.29 is 33.8 Å². The van der Waals surface area contributed by atoms with Crippen molar-refractivity contribution in [1.82, 2.24) is 0 Å². The van der Waals surface area contributed by atoms with Crippen molar-refractivity contribution in [3.8, 4) is 23.0 Å². The summed E-state index contributed by atoms with van der Waals surface area (Å²) in [7, 11) is 5.99. The van der Waals surface area contributed by atoms with Gasteiger partial charge in [-0.15, -0.1) is 0 Å². The molecular weight excluding hydrogens is 566 g/mol. The van der Waals surface area contributed by atoms with Crippen LogP contribution in [0.25, 0.3) is 5.76 Å². The lowest BCUT2D eigenvalue weighted by Gasteiger charge is -2.42. The molecule has 1 atom stereocenters. The monoisotopic (exact) mass is 599 g/mol. The van der Waals surface area contributed by atoms with Crippen molar-refractivity contribution in [3.63, 3.8) is 0 Å². The maximum atomic E-state index is 13.9. The number of nitrogens with zero attached hydrogens (tertiary/aromatic N) is 2. The first-order chi connectivity index (χ1) is 21.1. The van der Waals surface area contributed by atoms with Crippen LogP contribution in [0.15, 0.2) is 71.4 Å². The third-order valence-corrected chi connectivity index (χ3v) is 8.04. The topological polar surface area (TPSA) is 144 Å². The predicted molar refractivity (Wildman–Crippen MR) is 165 cm³/mol. The Balaban J connectivity index is 1.88. The number of nitro groups is 1. The second kappa shape index (κ2) is 12.1. The molecule has 0 saturated heterocycles. The second-order valence-corrected chi connectivity index (χ2v) is 10.4. The molecular formula is C33H33N3O8. The number of carbonyl (C=O) groups excluding carboxylic acids is 1. The predicted octanol–water partition coefficient (Wildman–Crippen LogP) is 6.50. The van der Waals surface area contributed by atoms with Gasteiger partial charge in [0.05, 0.1) is 39.0 Å². The number of rotatable bonds is 8. The fourth-order valence-corrected chi connectivity index (χ4v) is 5.92.